The summed E-state index contributed by atoms with van der Waals surface area (Å²) < 4.78 is 5.68. The van der Waals surface area contributed by atoms with Crippen molar-refractivity contribution in [1.82, 2.24) is 15.0 Å². The number of ether oxygens (including phenoxy) is 1. The highest BCUT2D eigenvalue weighted by Gasteiger charge is 2.08. The molecule has 6 heteroatoms. The fourth-order valence-electron chi connectivity index (χ4n) is 1.74. The second-order valence-electron chi connectivity index (χ2n) is 4.97. The van der Waals surface area contributed by atoms with Crippen LogP contribution in [-0.4, -0.2) is 21.5 Å². The highest BCUT2D eigenvalue weighted by molar-refractivity contribution is 6.28. The van der Waals surface area contributed by atoms with Crippen molar-refractivity contribution in [2.45, 2.75) is 33.1 Å². The standard InChI is InChI=1S/C15H19ClN4O/c1-4-8-17-14-18-13(16)19-15(20-14)21-12-7-5-6-11(9-12)10(2)3/h5-7,9-10H,4,8H2,1-3H3,(H,17,18,19,20). The van der Waals surface area contributed by atoms with E-state index in [4.69, 9.17) is 16.3 Å². The zero-order valence-electron chi connectivity index (χ0n) is 12.4. The van der Waals surface area contributed by atoms with E-state index in [0.29, 0.717) is 17.6 Å². The zero-order chi connectivity index (χ0) is 15.2. The van der Waals surface area contributed by atoms with Gasteiger partial charge in [-0.1, -0.05) is 32.9 Å². The van der Waals surface area contributed by atoms with Crippen LogP contribution in [0.2, 0.25) is 5.28 Å². The summed E-state index contributed by atoms with van der Waals surface area (Å²) in [6, 6.07) is 8.04. The van der Waals surface area contributed by atoms with Gasteiger partial charge in [0, 0.05) is 6.54 Å². The number of rotatable bonds is 6. The number of benzene rings is 1. The van der Waals surface area contributed by atoms with E-state index in [1.807, 2.05) is 18.2 Å². The summed E-state index contributed by atoms with van der Waals surface area (Å²) in [4.78, 5) is 12.2. The third-order valence-electron chi connectivity index (χ3n) is 2.85. The van der Waals surface area contributed by atoms with Crippen molar-refractivity contribution in [1.29, 1.82) is 0 Å². The normalized spacial score (nSPS) is 10.7. The van der Waals surface area contributed by atoms with E-state index in [9.17, 15) is 0 Å². The molecule has 0 amide bonds. The van der Waals surface area contributed by atoms with Gasteiger partial charge < -0.3 is 10.1 Å². The van der Waals surface area contributed by atoms with Gasteiger partial charge in [0.2, 0.25) is 11.2 Å². The number of hydrogen-bond donors (Lipinski definition) is 1. The molecule has 2 aromatic rings. The van der Waals surface area contributed by atoms with E-state index in [0.717, 1.165) is 13.0 Å². The molecule has 0 saturated heterocycles. The maximum Gasteiger partial charge on any atom is 0.328 e. The molecule has 0 spiro atoms. The molecule has 0 aliphatic carbocycles. The van der Waals surface area contributed by atoms with E-state index in [-0.39, 0.29) is 11.3 Å². The number of halogens is 1. The number of anilines is 1. The lowest BCUT2D eigenvalue weighted by Crippen LogP contribution is -2.06. The Bertz CT molecular complexity index is 604. The number of aromatic nitrogens is 3. The van der Waals surface area contributed by atoms with Crippen LogP contribution in [-0.2, 0) is 0 Å². The molecule has 0 bridgehead atoms. The lowest BCUT2D eigenvalue weighted by atomic mass is 10.0. The van der Waals surface area contributed by atoms with Crippen LogP contribution in [0.25, 0.3) is 0 Å². The van der Waals surface area contributed by atoms with Crippen LogP contribution in [0.1, 0.15) is 38.7 Å². The van der Waals surface area contributed by atoms with Crippen LogP contribution < -0.4 is 10.1 Å². The van der Waals surface area contributed by atoms with Crippen LogP contribution >= 0.6 is 11.6 Å². The SMILES string of the molecule is CCCNc1nc(Cl)nc(Oc2cccc(C(C)C)c2)n1. The number of nitrogens with one attached hydrogen (secondary N) is 1. The molecular formula is C15H19ClN4O. The van der Waals surface area contributed by atoms with Crippen LogP contribution in [0.5, 0.6) is 11.8 Å². The van der Waals surface area contributed by atoms with Crippen molar-refractivity contribution in [2.75, 3.05) is 11.9 Å². The van der Waals surface area contributed by atoms with Crippen LogP contribution in [0.4, 0.5) is 5.95 Å². The Morgan fingerprint density at radius 1 is 1.24 bits per heavy atom. The van der Waals surface area contributed by atoms with Gasteiger partial charge in [-0.3, -0.25) is 0 Å². The lowest BCUT2D eigenvalue weighted by Gasteiger charge is -2.09. The van der Waals surface area contributed by atoms with Gasteiger partial charge in [-0.05, 0) is 41.6 Å². The van der Waals surface area contributed by atoms with E-state index in [1.54, 1.807) is 0 Å². The van der Waals surface area contributed by atoms with Gasteiger partial charge >= 0.3 is 6.01 Å². The van der Waals surface area contributed by atoms with Gasteiger partial charge in [0.05, 0.1) is 0 Å². The van der Waals surface area contributed by atoms with Gasteiger partial charge in [-0.15, -0.1) is 0 Å². The molecule has 1 heterocycles. The summed E-state index contributed by atoms with van der Waals surface area (Å²) in [5.74, 6) is 1.54. The summed E-state index contributed by atoms with van der Waals surface area (Å²) in [6.45, 7) is 7.09. The summed E-state index contributed by atoms with van der Waals surface area (Å²) >= 11 is 5.89. The fraction of sp³-hybridized carbons (Fsp3) is 0.400. The molecule has 1 aromatic heterocycles. The molecule has 21 heavy (non-hydrogen) atoms. The highest BCUT2D eigenvalue weighted by Crippen LogP contribution is 2.24. The number of nitrogens with zero attached hydrogens (tertiary/aromatic N) is 3. The highest BCUT2D eigenvalue weighted by atomic mass is 35.5. The molecule has 1 N–H and O–H groups in total. The van der Waals surface area contributed by atoms with Gasteiger partial charge in [-0.2, -0.15) is 15.0 Å². The smallest absolute Gasteiger partial charge is 0.328 e. The molecule has 0 atom stereocenters. The predicted octanol–water partition coefficient (Wildman–Crippen LogP) is 4.26. The van der Waals surface area contributed by atoms with Gasteiger partial charge in [0.1, 0.15) is 5.75 Å². The van der Waals surface area contributed by atoms with E-state index in [2.05, 4.69) is 47.1 Å². The first kappa shape index (κ1) is 15.5. The molecule has 0 radical (unpaired) electrons. The summed E-state index contributed by atoms with van der Waals surface area (Å²) in [6.07, 6.45) is 0.968. The Morgan fingerprint density at radius 2 is 2.05 bits per heavy atom. The first-order valence-corrected chi connectivity index (χ1v) is 7.39. The molecule has 0 fully saturated rings. The van der Waals surface area contributed by atoms with Gasteiger partial charge in [-0.25, -0.2) is 0 Å². The van der Waals surface area contributed by atoms with Gasteiger partial charge in [0.25, 0.3) is 0 Å². The maximum atomic E-state index is 5.89. The Balaban J connectivity index is 2.18. The third kappa shape index (κ3) is 4.56. The molecule has 0 aliphatic rings. The number of hydrogen-bond acceptors (Lipinski definition) is 5. The largest absolute Gasteiger partial charge is 0.424 e. The first-order valence-electron chi connectivity index (χ1n) is 7.01. The topological polar surface area (TPSA) is 59.9 Å². The minimum Gasteiger partial charge on any atom is -0.424 e. The lowest BCUT2D eigenvalue weighted by molar-refractivity contribution is 0.439. The van der Waals surface area contributed by atoms with Crippen molar-refractivity contribution in [2.24, 2.45) is 0 Å². The maximum absolute atomic E-state index is 5.89. The predicted molar refractivity (Wildman–Crippen MR) is 84.2 cm³/mol. The zero-order valence-corrected chi connectivity index (χ0v) is 13.2. The van der Waals surface area contributed by atoms with E-state index < -0.39 is 0 Å². The molecule has 1 aromatic carbocycles. The Morgan fingerprint density at radius 3 is 2.76 bits per heavy atom. The Hall–Kier alpha value is -1.88. The van der Waals surface area contributed by atoms with Crippen molar-refractivity contribution < 1.29 is 4.74 Å². The van der Waals surface area contributed by atoms with Crippen LogP contribution in [0, 0.1) is 0 Å². The fourth-order valence-corrected chi connectivity index (χ4v) is 1.89. The first-order chi connectivity index (χ1) is 10.1. The summed E-state index contributed by atoms with van der Waals surface area (Å²) in [7, 11) is 0. The monoisotopic (exact) mass is 306 g/mol. The van der Waals surface area contributed by atoms with Crippen molar-refractivity contribution in [3.8, 4) is 11.8 Å². The van der Waals surface area contributed by atoms with Crippen molar-refractivity contribution in [3.63, 3.8) is 0 Å². The average Bonchev–Trinajstić information content (AvgIpc) is 2.45. The molecule has 112 valence electrons. The van der Waals surface area contributed by atoms with Crippen LogP contribution in [0.15, 0.2) is 24.3 Å². The van der Waals surface area contributed by atoms with E-state index >= 15 is 0 Å². The second-order valence-corrected chi connectivity index (χ2v) is 5.30. The average molecular weight is 307 g/mol. The van der Waals surface area contributed by atoms with Gasteiger partial charge in [0.15, 0.2) is 0 Å². The van der Waals surface area contributed by atoms with Crippen LogP contribution in [0.3, 0.4) is 0 Å². The minimum atomic E-state index is 0.110. The van der Waals surface area contributed by atoms with E-state index in [1.165, 1.54) is 5.56 Å². The molecule has 0 saturated carbocycles. The summed E-state index contributed by atoms with van der Waals surface area (Å²) in [5.41, 5.74) is 1.19. The molecule has 0 unspecified atom stereocenters. The van der Waals surface area contributed by atoms with Crippen molar-refractivity contribution >= 4 is 17.5 Å². The minimum absolute atomic E-state index is 0.110. The molecule has 0 aliphatic heterocycles. The summed E-state index contributed by atoms with van der Waals surface area (Å²) in [5, 5.41) is 3.17. The second kappa shape index (κ2) is 7.22. The molecule has 2 rings (SSSR count). The quantitative estimate of drug-likeness (QED) is 0.864. The Labute approximate surface area is 129 Å². The Kier molecular flexibility index (Phi) is 5.33. The third-order valence-corrected chi connectivity index (χ3v) is 3.02. The molecule has 5 nitrogen and oxygen atoms in total. The van der Waals surface area contributed by atoms with Crippen molar-refractivity contribution in [3.05, 3.63) is 35.1 Å². The molecular weight excluding hydrogens is 288 g/mol.